The predicted molar refractivity (Wildman–Crippen MR) is 73.6 cm³/mol. The molecule has 0 aliphatic rings. The number of hydrogen-bond acceptors (Lipinski definition) is 3. The van der Waals surface area contributed by atoms with Crippen molar-refractivity contribution in [3.05, 3.63) is 51.3 Å². The first kappa shape index (κ1) is 13.8. The van der Waals surface area contributed by atoms with Crippen LogP contribution in [0.3, 0.4) is 0 Å². The van der Waals surface area contributed by atoms with E-state index in [1.54, 1.807) is 0 Å². The number of aromatic carboxylic acids is 1. The molecule has 1 aromatic carbocycles. The number of carboxylic acids is 1. The Balaban J connectivity index is 2.29. The Bertz CT molecular complexity index is 611. The second kappa shape index (κ2) is 5.54. The van der Waals surface area contributed by atoms with Gasteiger partial charge in [0.1, 0.15) is 11.6 Å². The average Bonchev–Trinajstić information content (AvgIpc) is 2.34. The molecule has 2 aromatic rings. The topological polar surface area (TPSA) is 62.2 Å². The molecule has 2 N–H and O–H groups in total. The number of halogens is 3. The lowest BCUT2D eigenvalue weighted by Crippen LogP contribution is -2.00. The lowest BCUT2D eigenvalue weighted by Gasteiger charge is -2.10. The first-order valence-corrected chi connectivity index (χ1v) is 6.25. The summed E-state index contributed by atoms with van der Waals surface area (Å²) in [6.07, 6.45) is 1.22. The maximum atomic E-state index is 13.1. The van der Waals surface area contributed by atoms with E-state index in [1.165, 1.54) is 30.5 Å². The van der Waals surface area contributed by atoms with E-state index in [9.17, 15) is 9.18 Å². The number of nitrogens with one attached hydrogen (secondary N) is 1. The van der Waals surface area contributed by atoms with E-state index >= 15 is 0 Å². The number of aromatic nitrogens is 1. The van der Waals surface area contributed by atoms with Crippen LogP contribution in [0.25, 0.3) is 0 Å². The standard InChI is InChI=1S/C12H7BrClFN2O2/c13-8-3-7(15)4-9(14)11(8)17-10-2-1-6(5-16-10)12(18)19/h1-5H,(H,16,17)(H,18,19). The Morgan fingerprint density at radius 3 is 2.68 bits per heavy atom. The van der Waals surface area contributed by atoms with Crippen LogP contribution in [0.4, 0.5) is 15.9 Å². The Hall–Kier alpha value is -1.66. The molecular weight excluding hydrogens is 338 g/mol. The number of nitrogens with zero attached hydrogens (tertiary/aromatic N) is 1. The van der Waals surface area contributed by atoms with Crippen LogP contribution in [-0.2, 0) is 0 Å². The number of rotatable bonds is 3. The van der Waals surface area contributed by atoms with Gasteiger partial charge in [-0.3, -0.25) is 0 Å². The van der Waals surface area contributed by atoms with Crippen molar-refractivity contribution in [3.63, 3.8) is 0 Å². The molecule has 0 unspecified atom stereocenters. The van der Waals surface area contributed by atoms with Gasteiger partial charge in [0.05, 0.1) is 16.3 Å². The van der Waals surface area contributed by atoms with E-state index < -0.39 is 11.8 Å². The molecule has 2 rings (SSSR count). The molecule has 0 bridgehead atoms. The molecule has 0 aliphatic heterocycles. The summed E-state index contributed by atoms with van der Waals surface area (Å²) in [4.78, 5) is 14.6. The van der Waals surface area contributed by atoms with Gasteiger partial charge in [0.2, 0.25) is 0 Å². The summed E-state index contributed by atoms with van der Waals surface area (Å²) in [5, 5.41) is 11.8. The second-order valence-corrected chi connectivity index (χ2v) is 4.87. The van der Waals surface area contributed by atoms with E-state index in [0.717, 1.165) is 0 Å². The molecule has 0 amide bonds. The van der Waals surface area contributed by atoms with E-state index in [2.05, 4.69) is 26.2 Å². The van der Waals surface area contributed by atoms with Gasteiger partial charge < -0.3 is 10.4 Å². The molecule has 7 heteroatoms. The molecule has 0 saturated heterocycles. The monoisotopic (exact) mass is 344 g/mol. The average molecular weight is 346 g/mol. The Kier molecular flexibility index (Phi) is 4.01. The summed E-state index contributed by atoms with van der Waals surface area (Å²) < 4.78 is 13.5. The first-order valence-electron chi connectivity index (χ1n) is 5.08. The van der Waals surface area contributed by atoms with Crippen LogP contribution in [0.1, 0.15) is 10.4 Å². The van der Waals surface area contributed by atoms with Crippen molar-refractivity contribution < 1.29 is 14.3 Å². The number of anilines is 2. The van der Waals surface area contributed by atoms with Crippen molar-refractivity contribution in [1.29, 1.82) is 0 Å². The zero-order valence-corrected chi connectivity index (χ0v) is 11.7. The van der Waals surface area contributed by atoms with Gasteiger partial charge in [-0.25, -0.2) is 14.2 Å². The van der Waals surface area contributed by atoms with Gasteiger partial charge in [0, 0.05) is 10.7 Å². The van der Waals surface area contributed by atoms with Gasteiger partial charge in [0.25, 0.3) is 0 Å². The fourth-order valence-electron chi connectivity index (χ4n) is 1.38. The van der Waals surface area contributed by atoms with Crippen molar-refractivity contribution in [1.82, 2.24) is 4.98 Å². The lowest BCUT2D eigenvalue weighted by atomic mass is 10.2. The van der Waals surface area contributed by atoms with Crippen molar-refractivity contribution in [2.24, 2.45) is 0 Å². The van der Waals surface area contributed by atoms with Crippen LogP contribution in [0, 0.1) is 5.82 Å². The molecule has 0 saturated carbocycles. The summed E-state index contributed by atoms with van der Waals surface area (Å²) in [6.45, 7) is 0. The maximum Gasteiger partial charge on any atom is 0.337 e. The number of carboxylic acid groups (broad SMARTS) is 1. The highest BCUT2D eigenvalue weighted by Crippen LogP contribution is 2.33. The molecule has 0 fully saturated rings. The molecule has 19 heavy (non-hydrogen) atoms. The molecular formula is C12H7BrClFN2O2. The molecule has 0 aliphatic carbocycles. The molecule has 0 spiro atoms. The highest BCUT2D eigenvalue weighted by atomic mass is 79.9. The quantitative estimate of drug-likeness (QED) is 0.880. The zero-order chi connectivity index (χ0) is 14.0. The third kappa shape index (κ3) is 3.21. The van der Waals surface area contributed by atoms with Gasteiger partial charge in [0.15, 0.2) is 0 Å². The van der Waals surface area contributed by atoms with Crippen molar-refractivity contribution >= 4 is 45.0 Å². The van der Waals surface area contributed by atoms with Crippen LogP contribution >= 0.6 is 27.5 Å². The summed E-state index contributed by atoms with van der Waals surface area (Å²) in [5.41, 5.74) is 0.536. The third-order valence-electron chi connectivity index (χ3n) is 2.27. The predicted octanol–water partition coefficient (Wildman–Crippen LogP) is 4.08. The maximum absolute atomic E-state index is 13.1. The summed E-state index contributed by atoms with van der Waals surface area (Å²) >= 11 is 9.10. The highest BCUT2D eigenvalue weighted by molar-refractivity contribution is 9.10. The molecule has 4 nitrogen and oxygen atoms in total. The highest BCUT2D eigenvalue weighted by Gasteiger charge is 2.09. The van der Waals surface area contributed by atoms with Gasteiger partial charge >= 0.3 is 5.97 Å². The third-order valence-corrected chi connectivity index (χ3v) is 3.19. The zero-order valence-electron chi connectivity index (χ0n) is 9.32. The normalized spacial score (nSPS) is 10.3. The first-order chi connectivity index (χ1) is 8.97. The van der Waals surface area contributed by atoms with Crippen molar-refractivity contribution in [3.8, 4) is 0 Å². The van der Waals surface area contributed by atoms with Crippen LogP contribution < -0.4 is 5.32 Å². The van der Waals surface area contributed by atoms with Crippen molar-refractivity contribution in [2.45, 2.75) is 0 Å². The number of carbonyl (C=O) groups is 1. The second-order valence-electron chi connectivity index (χ2n) is 3.61. The molecule has 1 heterocycles. The molecule has 1 aromatic heterocycles. The Labute approximate surface area is 121 Å². The van der Waals surface area contributed by atoms with Crippen LogP contribution in [0.15, 0.2) is 34.9 Å². The minimum absolute atomic E-state index is 0.0785. The summed E-state index contributed by atoms with van der Waals surface area (Å²) in [5.74, 6) is -1.11. The minimum atomic E-state index is -1.06. The molecule has 0 atom stereocenters. The molecule has 98 valence electrons. The Morgan fingerprint density at radius 2 is 2.16 bits per heavy atom. The van der Waals surface area contributed by atoms with Crippen LogP contribution in [0.5, 0.6) is 0 Å². The fourth-order valence-corrected chi connectivity index (χ4v) is 2.28. The van der Waals surface area contributed by atoms with Crippen LogP contribution in [-0.4, -0.2) is 16.1 Å². The SMILES string of the molecule is O=C(O)c1ccc(Nc2c(Cl)cc(F)cc2Br)nc1. The van der Waals surface area contributed by atoms with Gasteiger partial charge in [-0.05, 0) is 40.2 Å². The van der Waals surface area contributed by atoms with Crippen LogP contribution in [0.2, 0.25) is 5.02 Å². The van der Waals surface area contributed by atoms with Gasteiger partial charge in [-0.1, -0.05) is 11.6 Å². The van der Waals surface area contributed by atoms with Crippen molar-refractivity contribution in [2.75, 3.05) is 5.32 Å². The van der Waals surface area contributed by atoms with E-state index in [-0.39, 0.29) is 10.6 Å². The van der Waals surface area contributed by atoms with E-state index in [0.29, 0.717) is 16.0 Å². The minimum Gasteiger partial charge on any atom is -0.478 e. The largest absolute Gasteiger partial charge is 0.478 e. The number of pyridine rings is 1. The fraction of sp³-hybridized carbons (Fsp3) is 0. The number of benzene rings is 1. The summed E-state index contributed by atoms with van der Waals surface area (Å²) in [6, 6.07) is 5.33. The summed E-state index contributed by atoms with van der Waals surface area (Å²) in [7, 11) is 0. The molecule has 0 radical (unpaired) electrons. The smallest absolute Gasteiger partial charge is 0.337 e. The number of hydrogen-bond donors (Lipinski definition) is 2. The van der Waals surface area contributed by atoms with Gasteiger partial charge in [-0.15, -0.1) is 0 Å². The van der Waals surface area contributed by atoms with E-state index in [4.69, 9.17) is 16.7 Å². The Morgan fingerprint density at radius 1 is 1.42 bits per heavy atom. The van der Waals surface area contributed by atoms with Gasteiger partial charge in [-0.2, -0.15) is 0 Å². The lowest BCUT2D eigenvalue weighted by molar-refractivity contribution is 0.0696. The van der Waals surface area contributed by atoms with E-state index in [1.807, 2.05) is 0 Å².